The summed E-state index contributed by atoms with van der Waals surface area (Å²) in [6.45, 7) is 1.36. The lowest BCUT2D eigenvalue weighted by Crippen LogP contribution is -2.29. The van der Waals surface area contributed by atoms with Crippen molar-refractivity contribution < 1.29 is 14.4 Å². The van der Waals surface area contributed by atoms with Gasteiger partial charge in [0.2, 0.25) is 0 Å². The predicted molar refractivity (Wildman–Crippen MR) is 58.5 cm³/mol. The minimum absolute atomic E-state index is 0.00293. The second-order valence-electron chi connectivity index (χ2n) is 3.50. The monoisotopic (exact) mass is 247 g/mol. The maximum Gasteiger partial charge on any atom is 0.358 e. The van der Waals surface area contributed by atoms with Gasteiger partial charge in [0.25, 0.3) is 0 Å². The Morgan fingerprint density at radius 1 is 1.40 bits per heavy atom. The van der Waals surface area contributed by atoms with Gasteiger partial charge < -0.3 is 15.1 Å². The average Bonchev–Trinajstić information content (AvgIpc) is 2.15. The number of hydrogen-bond donors (Lipinski definition) is 3. The smallest absolute Gasteiger partial charge is 0.321 e. The fourth-order valence-electron chi connectivity index (χ4n) is 1.85. The summed E-state index contributed by atoms with van der Waals surface area (Å²) in [6.07, 6.45) is 0.607. The van der Waals surface area contributed by atoms with Crippen molar-refractivity contribution in [1.82, 2.24) is 5.32 Å². The van der Waals surface area contributed by atoms with Crippen LogP contribution >= 0.6 is 19.2 Å². The Balaban J connectivity index is 2.66. The molecule has 0 atom stereocenters. The summed E-state index contributed by atoms with van der Waals surface area (Å²) in [7, 11) is -4.28. The standard InChI is InChI=1S/C9H11ClNO3P/c10-8-2-1-6-5-11-4-3-7(6)9(8)15(12,13)14/h1-2,11H,3-5H2,(H2,12,13,14). The first-order valence-electron chi connectivity index (χ1n) is 4.57. The van der Waals surface area contributed by atoms with Crippen molar-refractivity contribution >= 4 is 24.5 Å². The van der Waals surface area contributed by atoms with E-state index >= 15 is 0 Å². The molecule has 0 radical (unpaired) electrons. The lowest BCUT2D eigenvalue weighted by Gasteiger charge is -2.21. The highest BCUT2D eigenvalue weighted by Crippen LogP contribution is 2.39. The Hall–Kier alpha value is -0.380. The van der Waals surface area contributed by atoms with Gasteiger partial charge in [-0.25, -0.2) is 0 Å². The van der Waals surface area contributed by atoms with E-state index in [9.17, 15) is 14.4 Å². The molecule has 1 aliphatic rings. The molecule has 0 aliphatic carbocycles. The number of rotatable bonds is 1. The lowest BCUT2D eigenvalue weighted by molar-refractivity contribution is 0.387. The summed E-state index contributed by atoms with van der Waals surface area (Å²) < 4.78 is 11.3. The van der Waals surface area contributed by atoms with E-state index in [0.29, 0.717) is 18.5 Å². The van der Waals surface area contributed by atoms with E-state index in [1.165, 1.54) is 0 Å². The zero-order chi connectivity index (χ0) is 11.1. The Bertz CT molecular complexity index is 443. The number of fused-ring (bicyclic) bond motifs is 1. The van der Waals surface area contributed by atoms with Crippen molar-refractivity contribution in [2.24, 2.45) is 0 Å². The zero-order valence-corrected chi connectivity index (χ0v) is 9.55. The first-order valence-corrected chi connectivity index (χ1v) is 6.56. The van der Waals surface area contributed by atoms with E-state index in [1.54, 1.807) is 6.07 Å². The molecule has 0 fully saturated rings. The molecule has 1 aliphatic heterocycles. The van der Waals surface area contributed by atoms with Crippen LogP contribution in [0.25, 0.3) is 0 Å². The van der Waals surface area contributed by atoms with E-state index in [2.05, 4.69) is 5.32 Å². The van der Waals surface area contributed by atoms with Gasteiger partial charge in [-0.1, -0.05) is 17.7 Å². The third kappa shape index (κ3) is 2.10. The second kappa shape index (κ2) is 3.89. The maximum atomic E-state index is 11.3. The van der Waals surface area contributed by atoms with Gasteiger partial charge in [0, 0.05) is 6.54 Å². The van der Waals surface area contributed by atoms with Crippen LogP contribution in [-0.4, -0.2) is 16.3 Å². The molecule has 0 saturated carbocycles. The normalized spacial score (nSPS) is 16.2. The quantitative estimate of drug-likeness (QED) is 0.642. The minimum Gasteiger partial charge on any atom is -0.321 e. The summed E-state index contributed by atoms with van der Waals surface area (Å²) in [4.78, 5) is 18.5. The van der Waals surface area contributed by atoms with Gasteiger partial charge in [0.05, 0.1) is 10.3 Å². The molecule has 0 aromatic heterocycles. The number of nitrogens with one attached hydrogen (secondary N) is 1. The molecule has 1 aromatic carbocycles. The van der Waals surface area contributed by atoms with Crippen LogP contribution in [0.2, 0.25) is 5.02 Å². The fraction of sp³-hybridized carbons (Fsp3) is 0.333. The highest BCUT2D eigenvalue weighted by molar-refractivity contribution is 7.60. The van der Waals surface area contributed by atoms with Crippen LogP contribution in [0.3, 0.4) is 0 Å². The summed E-state index contributed by atoms with van der Waals surface area (Å²) in [5.41, 5.74) is 1.62. The fourth-order valence-corrected chi connectivity index (χ4v) is 3.31. The van der Waals surface area contributed by atoms with Crippen LogP contribution in [0.5, 0.6) is 0 Å². The second-order valence-corrected chi connectivity index (χ2v) is 5.45. The van der Waals surface area contributed by atoms with Gasteiger partial charge in [-0.15, -0.1) is 0 Å². The van der Waals surface area contributed by atoms with Gasteiger partial charge in [0.1, 0.15) is 0 Å². The highest BCUT2D eigenvalue weighted by Gasteiger charge is 2.27. The Morgan fingerprint density at radius 3 is 2.80 bits per heavy atom. The van der Waals surface area contributed by atoms with Crippen LogP contribution in [-0.2, 0) is 17.5 Å². The molecule has 0 bridgehead atoms. The molecule has 15 heavy (non-hydrogen) atoms. The largest absolute Gasteiger partial charge is 0.358 e. The molecular formula is C9H11ClNO3P. The van der Waals surface area contributed by atoms with Gasteiger partial charge in [0.15, 0.2) is 0 Å². The molecular weight excluding hydrogens is 237 g/mol. The van der Waals surface area contributed by atoms with E-state index in [0.717, 1.165) is 12.1 Å². The Kier molecular flexibility index (Phi) is 2.88. The Labute approximate surface area is 92.4 Å². The van der Waals surface area contributed by atoms with Crippen molar-refractivity contribution in [3.63, 3.8) is 0 Å². The van der Waals surface area contributed by atoms with Crippen molar-refractivity contribution in [1.29, 1.82) is 0 Å². The first-order chi connectivity index (χ1) is 7.00. The lowest BCUT2D eigenvalue weighted by atomic mass is 10.0. The predicted octanol–water partition coefficient (Wildman–Crippen LogP) is 0.789. The molecule has 0 unspecified atom stereocenters. The van der Waals surface area contributed by atoms with Gasteiger partial charge in [-0.3, -0.25) is 4.57 Å². The van der Waals surface area contributed by atoms with Gasteiger partial charge in [-0.2, -0.15) is 0 Å². The topological polar surface area (TPSA) is 69.6 Å². The van der Waals surface area contributed by atoms with Crippen LogP contribution in [0, 0.1) is 0 Å². The molecule has 6 heteroatoms. The van der Waals surface area contributed by atoms with Crippen molar-refractivity contribution in [2.75, 3.05) is 6.54 Å². The van der Waals surface area contributed by atoms with Crippen molar-refractivity contribution in [3.8, 4) is 0 Å². The van der Waals surface area contributed by atoms with E-state index < -0.39 is 7.60 Å². The maximum absolute atomic E-state index is 11.3. The van der Waals surface area contributed by atoms with Crippen molar-refractivity contribution in [2.45, 2.75) is 13.0 Å². The molecule has 0 amide bonds. The summed E-state index contributed by atoms with van der Waals surface area (Å²) in [6, 6.07) is 3.35. The van der Waals surface area contributed by atoms with Gasteiger partial charge in [-0.05, 0) is 30.2 Å². The first kappa shape index (κ1) is 11.1. The van der Waals surface area contributed by atoms with Crippen molar-refractivity contribution in [3.05, 3.63) is 28.3 Å². The third-order valence-electron chi connectivity index (χ3n) is 2.49. The molecule has 1 aromatic rings. The molecule has 0 spiro atoms. The van der Waals surface area contributed by atoms with Crippen LogP contribution in [0.15, 0.2) is 12.1 Å². The summed E-state index contributed by atoms with van der Waals surface area (Å²) >= 11 is 5.83. The molecule has 1 heterocycles. The van der Waals surface area contributed by atoms with Crippen LogP contribution < -0.4 is 10.6 Å². The molecule has 0 saturated heterocycles. The summed E-state index contributed by atoms with van der Waals surface area (Å²) in [5.74, 6) is 0. The molecule has 2 rings (SSSR count). The van der Waals surface area contributed by atoms with E-state index in [1.807, 2.05) is 6.07 Å². The number of halogens is 1. The zero-order valence-electron chi connectivity index (χ0n) is 7.90. The van der Waals surface area contributed by atoms with Crippen LogP contribution in [0.4, 0.5) is 0 Å². The van der Waals surface area contributed by atoms with E-state index in [-0.39, 0.29) is 10.3 Å². The van der Waals surface area contributed by atoms with Crippen LogP contribution in [0.1, 0.15) is 11.1 Å². The molecule has 82 valence electrons. The average molecular weight is 248 g/mol. The summed E-state index contributed by atoms with van der Waals surface area (Å²) in [5, 5.41) is 3.30. The number of benzene rings is 1. The molecule has 4 nitrogen and oxygen atoms in total. The minimum atomic E-state index is -4.28. The van der Waals surface area contributed by atoms with Gasteiger partial charge >= 0.3 is 7.60 Å². The van der Waals surface area contributed by atoms with E-state index in [4.69, 9.17) is 11.6 Å². The Morgan fingerprint density at radius 2 is 2.13 bits per heavy atom. The number of hydrogen-bond acceptors (Lipinski definition) is 2. The SMILES string of the molecule is O=P(O)(O)c1c(Cl)ccc2c1CCNC2. The third-order valence-corrected chi connectivity index (χ3v) is 4.03. The molecule has 3 N–H and O–H groups in total. The highest BCUT2D eigenvalue weighted by atomic mass is 35.5.